The molecule has 0 unspecified atom stereocenters. The van der Waals surface area contributed by atoms with Crippen LogP contribution >= 0.6 is 23.2 Å². The van der Waals surface area contributed by atoms with Crippen LogP contribution in [0.15, 0.2) is 47.4 Å². The molecule has 112 valence electrons. The molecule has 21 heavy (non-hydrogen) atoms. The Bertz CT molecular complexity index is 731. The Labute approximate surface area is 134 Å². The summed E-state index contributed by atoms with van der Waals surface area (Å²) in [5.74, 6) is 0. The predicted molar refractivity (Wildman–Crippen MR) is 86.5 cm³/mol. The number of nitrogens with one attached hydrogen (secondary N) is 2. The highest BCUT2D eigenvalue weighted by atomic mass is 35.5. The van der Waals surface area contributed by atoms with Crippen LogP contribution in [0.25, 0.3) is 0 Å². The number of rotatable bonds is 5. The molecule has 0 aliphatic carbocycles. The summed E-state index contributed by atoms with van der Waals surface area (Å²) in [6.45, 7) is 0.489. The lowest BCUT2D eigenvalue weighted by molar-refractivity contribution is 0.601. The molecular formula is C14H14Cl2N2O2S. The summed E-state index contributed by atoms with van der Waals surface area (Å²) in [5, 5.41) is 4.01. The highest BCUT2D eigenvalue weighted by Gasteiger charge is 2.15. The molecule has 0 fully saturated rings. The maximum absolute atomic E-state index is 12.3. The van der Waals surface area contributed by atoms with E-state index in [0.29, 0.717) is 22.3 Å². The second-order valence-corrected chi connectivity index (χ2v) is 6.92. The molecule has 0 atom stereocenters. The summed E-state index contributed by atoms with van der Waals surface area (Å²) < 4.78 is 27.2. The summed E-state index contributed by atoms with van der Waals surface area (Å²) in [6.07, 6.45) is 0. The maximum atomic E-state index is 12.3. The number of hydrogen-bond donors (Lipinski definition) is 2. The second-order valence-electron chi connectivity index (χ2n) is 4.40. The fraction of sp³-hybridized carbons (Fsp3) is 0.143. The van der Waals surface area contributed by atoms with E-state index in [-0.39, 0.29) is 4.90 Å². The molecule has 0 aliphatic heterocycles. The number of sulfonamides is 1. The first-order chi connectivity index (χ1) is 9.92. The Morgan fingerprint density at radius 2 is 1.71 bits per heavy atom. The summed E-state index contributed by atoms with van der Waals surface area (Å²) in [6, 6.07) is 11.0. The molecule has 7 heteroatoms. The highest BCUT2D eigenvalue weighted by Crippen LogP contribution is 2.23. The smallest absolute Gasteiger partial charge is 0.261 e. The van der Waals surface area contributed by atoms with Crippen molar-refractivity contribution in [2.75, 3.05) is 11.8 Å². The van der Waals surface area contributed by atoms with Gasteiger partial charge in [-0.05, 0) is 55.1 Å². The van der Waals surface area contributed by atoms with Crippen molar-refractivity contribution >= 4 is 38.9 Å². The molecule has 0 aliphatic rings. The third-order valence-corrected chi connectivity index (χ3v) is 4.79. The molecular weight excluding hydrogens is 331 g/mol. The van der Waals surface area contributed by atoms with Crippen molar-refractivity contribution in [2.24, 2.45) is 0 Å². The Morgan fingerprint density at radius 3 is 2.33 bits per heavy atom. The summed E-state index contributed by atoms with van der Waals surface area (Å²) >= 11 is 11.8. The Balaban J connectivity index is 2.31. The van der Waals surface area contributed by atoms with Crippen LogP contribution in [-0.4, -0.2) is 15.5 Å². The van der Waals surface area contributed by atoms with Crippen LogP contribution in [0.3, 0.4) is 0 Å². The molecule has 0 spiro atoms. The first kappa shape index (κ1) is 16.1. The zero-order chi connectivity index (χ0) is 15.5. The Morgan fingerprint density at radius 1 is 1.05 bits per heavy atom. The van der Waals surface area contributed by atoms with E-state index in [9.17, 15) is 8.42 Å². The van der Waals surface area contributed by atoms with Crippen molar-refractivity contribution in [3.63, 3.8) is 0 Å². The minimum Gasteiger partial charge on any atom is -0.316 e. The largest absolute Gasteiger partial charge is 0.316 e. The van der Waals surface area contributed by atoms with Crippen LogP contribution in [-0.2, 0) is 16.6 Å². The van der Waals surface area contributed by atoms with Crippen molar-refractivity contribution in [3.8, 4) is 0 Å². The van der Waals surface area contributed by atoms with E-state index in [4.69, 9.17) is 23.2 Å². The van der Waals surface area contributed by atoms with Crippen molar-refractivity contribution in [3.05, 3.63) is 58.1 Å². The summed E-state index contributed by atoms with van der Waals surface area (Å²) in [4.78, 5) is 0.159. The summed E-state index contributed by atoms with van der Waals surface area (Å²) in [7, 11) is -1.90. The standard InChI is InChI=1S/C14H14Cl2N2O2S/c1-17-9-10-8-13(6-7-14(10)16)21(19,20)18-12-4-2-11(15)3-5-12/h2-8,17-18H,9H2,1H3. The van der Waals surface area contributed by atoms with Crippen LogP contribution in [0.2, 0.25) is 10.0 Å². The van der Waals surface area contributed by atoms with Gasteiger partial charge in [-0.3, -0.25) is 4.72 Å². The molecule has 2 aromatic rings. The van der Waals surface area contributed by atoms with Gasteiger partial charge in [0, 0.05) is 22.3 Å². The Hall–Kier alpha value is -1.27. The van der Waals surface area contributed by atoms with Crippen LogP contribution in [0, 0.1) is 0 Å². The van der Waals surface area contributed by atoms with Gasteiger partial charge in [-0.25, -0.2) is 8.42 Å². The number of hydrogen-bond acceptors (Lipinski definition) is 3. The number of anilines is 1. The van der Waals surface area contributed by atoms with Gasteiger partial charge in [-0.15, -0.1) is 0 Å². The molecule has 0 saturated carbocycles. The van der Waals surface area contributed by atoms with Gasteiger partial charge >= 0.3 is 0 Å². The van der Waals surface area contributed by atoms with E-state index in [1.54, 1.807) is 43.4 Å². The van der Waals surface area contributed by atoms with Gasteiger partial charge in [-0.1, -0.05) is 23.2 Å². The van der Waals surface area contributed by atoms with E-state index < -0.39 is 10.0 Å². The minimum atomic E-state index is -3.66. The average Bonchev–Trinajstić information content (AvgIpc) is 2.43. The van der Waals surface area contributed by atoms with Crippen LogP contribution in [0.5, 0.6) is 0 Å². The van der Waals surface area contributed by atoms with E-state index in [1.165, 1.54) is 6.07 Å². The van der Waals surface area contributed by atoms with Crippen molar-refractivity contribution < 1.29 is 8.42 Å². The monoisotopic (exact) mass is 344 g/mol. The molecule has 0 heterocycles. The fourth-order valence-electron chi connectivity index (χ4n) is 1.78. The minimum absolute atomic E-state index is 0.159. The van der Waals surface area contributed by atoms with E-state index in [1.807, 2.05) is 0 Å². The van der Waals surface area contributed by atoms with Gasteiger partial charge < -0.3 is 5.32 Å². The lowest BCUT2D eigenvalue weighted by Gasteiger charge is -2.10. The fourth-order valence-corrected chi connectivity index (χ4v) is 3.20. The van der Waals surface area contributed by atoms with Crippen LogP contribution in [0.4, 0.5) is 5.69 Å². The van der Waals surface area contributed by atoms with Crippen molar-refractivity contribution in [1.82, 2.24) is 5.32 Å². The second kappa shape index (κ2) is 6.66. The molecule has 0 radical (unpaired) electrons. The lowest BCUT2D eigenvalue weighted by atomic mass is 10.2. The third kappa shape index (κ3) is 4.11. The van der Waals surface area contributed by atoms with E-state index >= 15 is 0 Å². The summed E-state index contributed by atoms with van der Waals surface area (Å²) in [5.41, 5.74) is 1.17. The van der Waals surface area contributed by atoms with Crippen LogP contribution in [0.1, 0.15) is 5.56 Å². The predicted octanol–water partition coefficient (Wildman–Crippen LogP) is 3.51. The first-order valence-electron chi connectivity index (χ1n) is 6.14. The molecule has 2 N–H and O–H groups in total. The zero-order valence-electron chi connectivity index (χ0n) is 11.2. The molecule has 4 nitrogen and oxygen atoms in total. The van der Waals surface area contributed by atoms with Gasteiger partial charge in [0.1, 0.15) is 0 Å². The van der Waals surface area contributed by atoms with Crippen molar-refractivity contribution in [2.45, 2.75) is 11.4 Å². The Kier molecular flexibility index (Phi) is 5.11. The maximum Gasteiger partial charge on any atom is 0.261 e. The third-order valence-electron chi connectivity index (χ3n) is 2.79. The topological polar surface area (TPSA) is 58.2 Å². The van der Waals surface area contributed by atoms with Gasteiger partial charge in [-0.2, -0.15) is 0 Å². The highest BCUT2D eigenvalue weighted by molar-refractivity contribution is 7.92. The normalized spacial score (nSPS) is 11.4. The van der Waals surface area contributed by atoms with Gasteiger partial charge in [0.25, 0.3) is 10.0 Å². The van der Waals surface area contributed by atoms with E-state index in [2.05, 4.69) is 10.0 Å². The average molecular weight is 345 g/mol. The van der Waals surface area contributed by atoms with Crippen molar-refractivity contribution in [1.29, 1.82) is 0 Å². The SMILES string of the molecule is CNCc1cc(S(=O)(=O)Nc2ccc(Cl)cc2)ccc1Cl. The molecule has 0 bridgehead atoms. The van der Waals surface area contributed by atoms with Gasteiger partial charge in [0.15, 0.2) is 0 Å². The zero-order valence-corrected chi connectivity index (χ0v) is 13.6. The number of halogens is 2. The molecule has 2 aromatic carbocycles. The molecule has 0 amide bonds. The quantitative estimate of drug-likeness (QED) is 0.872. The molecule has 0 saturated heterocycles. The van der Waals surface area contributed by atoms with Gasteiger partial charge in [0.05, 0.1) is 4.90 Å². The lowest BCUT2D eigenvalue weighted by Crippen LogP contribution is -2.14. The van der Waals surface area contributed by atoms with Gasteiger partial charge in [0.2, 0.25) is 0 Å². The molecule has 0 aromatic heterocycles. The number of benzene rings is 2. The van der Waals surface area contributed by atoms with E-state index in [0.717, 1.165) is 5.56 Å². The molecule has 2 rings (SSSR count). The van der Waals surface area contributed by atoms with Crippen LogP contribution < -0.4 is 10.0 Å². The first-order valence-corrected chi connectivity index (χ1v) is 8.38.